The molecule has 0 radical (unpaired) electrons. The van der Waals surface area contributed by atoms with Gasteiger partial charge < -0.3 is 10.4 Å². The first-order valence-corrected chi connectivity index (χ1v) is 6.54. The quantitative estimate of drug-likeness (QED) is 0.875. The molecule has 1 heterocycles. The molecule has 1 aliphatic heterocycles. The van der Waals surface area contributed by atoms with Crippen LogP contribution >= 0.6 is 15.9 Å². The van der Waals surface area contributed by atoms with Crippen molar-refractivity contribution in [3.63, 3.8) is 0 Å². The number of rotatable bonds is 2. The third-order valence-corrected chi connectivity index (χ3v) is 3.96. The Morgan fingerprint density at radius 1 is 1.44 bits per heavy atom. The minimum absolute atomic E-state index is 0.115. The normalized spacial score (nSPS) is 30.3. The Bertz CT molecular complexity index is 351. The van der Waals surface area contributed by atoms with E-state index in [1.165, 1.54) is 5.56 Å². The number of hydrogen-bond donors (Lipinski definition) is 2. The monoisotopic (exact) mass is 283 g/mol. The molecule has 3 heteroatoms. The van der Waals surface area contributed by atoms with Crippen LogP contribution < -0.4 is 5.32 Å². The van der Waals surface area contributed by atoms with Crippen molar-refractivity contribution in [3.05, 3.63) is 34.3 Å². The fourth-order valence-electron chi connectivity index (χ4n) is 2.41. The number of aliphatic hydroxyl groups is 1. The smallest absolute Gasteiger partial charge is 0.0610 e. The second-order valence-electron chi connectivity index (χ2n) is 4.89. The van der Waals surface area contributed by atoms with Gasteiger partial charge in [0.2, 0.25) is 0 Å². The highest BCUT2D eigenvalue weighted by Gasteiger charge is 2.31. The van der Waals surface area contributed by atoms with Crippen LogP contribution in [0.15, 0.2) is 28.7 Å². The standard InChI is InChI=1S/C13H18BrNO/c1-13(9-16)8-11(6-7-15-13)10-2-4-12(14)5-3-10/h2-5,11,15-16H,6-9H2,1H3. The molecule has 1 fully saturated rings. The summed E-state index contributed by atoms with van der Waals surface area (Å²) in [6, 6.07) is 8.54. The minimum atomic E-state index is -0.115. The molecular weight excluding hydrogens is 266 g/mol. The Morgan fingerprint density at radius 3 is 2.75 bits per heavy atom. The minimum Gasteiger partial charge on any atom is -0.394 e. The molecule has 2 unspecified atom stereocenters. The Hall–Kier alpha value is -0.380. The highest BCUT2D eigenvalue weighted by atomic mass is 79.9. The van der Waals surface area contributed by atoms with Crippen molar-refractivity contribution in [1.29, 1.82) is 0 Å². The van der Waals surface area contributed by atoms with E-state index in [0.717, 1.165) is 23.9 Å². The van der Waals surface area contributed by atoms with Crippen LogP contribution in [0.5, 0.6) is 0 Å². The topological polar surface area (TPSA) is 32.3 Å². The summed E-state index contributed by atoms with van der Waals surface area (Å²) in [7, 11) is 0. The maximum atomic E-state index is 9.39. The van der Waals surface area contributed by atoms with Crippen LogP contribution in [0.2, 0.25) is 0 Å². The van der Waals surface area contributed by atoms with Crippen molar-refractivity contribution in [3.8, 4) is 0 Å². The number of hydrogen-bond acceptors (Lipinski definition) is 2. The van der Waals surface area contributed by atoms with Gasteiger partial charge in [0.1, 0.15) is 0 Å². The first-order chi connectivity index (χ1) is 7.63. The summed E-state index contributed by atoms with van der Waals surface area (Å²) in [5.74, 6) is 0.562. The molecule has 1 aromatic carbocycles. The molecule has 0 aliphatic carbocycles. The van der Waals surface area contributed by atoms with E-state index in [1.807, 2.05) is 0 Å². The summed E-state index contributed by atoms with van der Waals surface area (Å²) in [5.41, 5.74) is 1.26. The number of benzene rings is 1. The van der Waals surface area contributed by atoms with Crippen molar-refractivity contribution < 1.29 is 5.11 Å². The van der Waals surface area contributed by atoms with Gasteiger partial charge in [-0.2, -0.15) is 0 Å². The maximum Gasteiger partial charge on any atom is 0.0610 e. The molecule has 0 spiro atoms. The van der Waals surface area contributed by atoms with E-state index in [-0.39, 0.29) is 12.1 Å². The zero-order valence-electron chi connectivity index (χ0n) is 9.54. The van der Waals surface area contributed by atoms with Crippen molar-refractivity contribution in [1.82, 2.24) is 5.32 Å². The zero-order chi connectivity index (χ0) is 11.6. The van der Waals surface area contributed by atoms with Crippen LogP contribution in [0.4, 0.5) is 0 Å². The summed E-state index contributed by atoms with van der Waals surface area (Å²) in [4.78, 5) is 0. The number of nitrogens with one attached hydrogen (secondary N) is 1. The first kappa shape index (κ1) is 12.1. The SMILES string of the molecule is CC1(CO)CC(c2ccc(Br)cc2)CCN1. The van der Waals surface area contributed by atoms with Gasteiger partial charge in [-0.05, 0) is 49.9 Å². The summed E-state index contributed by atoms with van der Waals surface area (Å²) >= 11 is 3.45. The largest absolute Gasteiger partial charge is 0.394 e. The van der Waals surface area contributed by atoms with E-state index in [2.05, 4.69) is 52.4 Å². The van der Waals surface area contributed by atoms with E-state index in [4.69, 9.17) is 0 Å². The predicted octanol–water partition coefficient (Wildman–Crippen LogP) is 2.67. The highest BCUT2D eigenvalue weighted by Crippen LogP contribution is 2.32. The molecule has 88 valence electrons. The van der Waals surface area contributed by atoms with Gasteiger partial charge in [-0.15, -0.1) is 0 Å². The molecule has 1 aliphatic rings. The lowest BCUT2D eigenvalue weighted by Crippen LogP contribution is -2.50. The van der Waals surface area contributed by atoms with Crippen molar-refractivity contribution >= 4 is 15.9 Å². The van der Waals surface area contributed by atoms with Crippen LogP contribution in [0.25, 0.3) is 0 Å². The molecule has 0 saturated carbocycles. The maximum absolute atomic E-state index is 9.39. The van der Waals surface area contributed by atoms with Crippen molar-refractivity contribution in [2.45, 2.75) is 31.2 Å². The Labute approximate surface area is 105 Å². The van der Waals surface area contributed by atoms with Gasteiger partial charge in [-0.1, -0.05) is 28.1 Å². The Kier molecular flexibility index (Phi) is 3.67. The molecule has 0 bridgehead atoms. The number of aliphatic hydroxyl groups excluding tert-OH is 1. The molecule has 0 amide bonds. The average molecular weight is 284 g/mol. The molecule has 16 heavy (non-hydrogen) atoms. The molecular formula is C13H18BrNO. The second kappa shape index (κ2) is 4.86. The highest BCUT2D eigenvalue weighted by molar-refractivity contribution is 9.10. The summed E-state index contributed by atoms with van der Waals surface area (Å²) in [6.45, 7) is 3.29. The van der Waals surface area contributed by atoms with E-state index >= 15 is 0 Å². The molecule has 1 saturated heterocycles. The van der Waals surface area contributed by atoms with Crippen LogP contribution in [0, 0.1) is 0 Å². The lowest BCUT2D eigenvalue weighted by Gasteiger charge is -2.38. The van der Waals surface area contributed by atoms with Crippen LogP contribution in [-0.4, -0.2) is 23.8 Å². The zero-order valence-corrected chi connectivity index (χ0v) is 11.1. The fraction of sp³-hybridized carbons (Fsp3) is 0.538. The summed E-state index contributed by atoms with van der Waals surface area (Å²) in [6.07, 6.45) is 2.16. The van der Waals surface area contributed by atoms with Gasteiger partial charge >= 0.3 is 0 Å². The van der Waals surface area contributed by atoms with Crippen LogP contribution in [0.1, 0.15) is 31.2 Å². The van der Waals surface area contributed by atoms with E-state index < -0.39 is 0 Å². The average Bonchev–Trinajstić information content (AvgIpc) is 2.30. The van der Waals surface area contributed by atoms with Crippen molar-refractivity contribution in [2.75, 3.05) is 13.2 Å². The molecule has 2 N–H and O–H groups in total. The van der Waals surface area contributed by atoms with Crippen LogP contribution in [-0.2, 0) is 0 Å². The van der Waals surface area contributed by atoms with Gasteiger partial charge in [0.15, 0.2) is 0 Å². The van der Waals surface area contributed by atoms with Crippen molar-refractivity contribution in [2.24, 2.45) is 0 Å². The van der Waals surface area contributed by atoms with Gasteiger partial charge in [0.05, 0.1) is 6.61 Å². The predicted molar refractivity (Wildman–Crippen MR) is 69.6 cm³/mol. The molecule has 0 aromatic heterocycles. The van der Waals surface area contributed by atoms with Gasteiger partial charge in [-0.25, -0.2) is 0 Å². The number of piperidine rings is 1. The first-order valence-electron chi connectivity index (χ1n) is 5.74. The molecule has 2 nitrogen and oxygen atoms in total. The second-order valence-corrected chi connectivity index (χ2v) is 5.80. The van der Waals surface area contributed by atoms with E-state index in [0.29, 0.717) is 5.92 Å². The molecule has 1 aromatic rings. The fourth-order valence-corrected chi connectivity index (χ4v) is 2.67. The third-order valence-electron chi connectivity index (χ3n) is 3.43. The Balaban J connectivity index is 2.12. The lowest BCUT2D eigenvalue weighted by atomic mass is 9.80. The lowest BCUT2D eigenvalue weighted by molar-refractivity contribution is 0.137. The Morgan fingerprint density at radius 2 is 2.12 bits per heavy atom. The van der Waals surface area contributed by atoms with Gasteiger partial charge in [0.25, 0.3) is 0 Å². The number of halogens is 1. The molecule has 2 atom stereocenters. The van der Waals surface area contributed by atoms with Crippen LogP contribution in [0.3, 0.4) is 0 Å². The summed E-state index contributed by atoms with van der Waals surface area (Å²) < 4.78 is 1.12. The summed E-state index contributed by atoms with van der Waals surface area (Å²) in [5, 5.41) is 12.8. The van der Waals surface area contributed by atoms with E-state index in [9.17, 15) is 5.11 Å². The molecule has 2 rings (SSSR count). The van der Waals surface area contributed by atoms with Gasteiger partial charge in [0, 0.05) is 10.0 Å². The third kappa shape index (κ3) is 2.65. The van der Waals surface area contributed by atoms with E-state index in [1.54, 1.807) is 0 Å². The van der Waals surface area contributed by atoms with Gasteiger partial charge in [-0.3, -0.25) is 0 Å².